The predicted octanol–water partition coefficient (Wildman–Crippen LogP) is 2.55. The molecule has 94 valence electrons. The SMILES string of the molecule is Oc1ccc(-c2nc(-c3cnccn3)no2)cc1Cl. The highest BCUT2D eigenvalue weighted by Crippen LogP contribution is 2.29. The molecule has 0 aliphatic heterocycles. The Kier molecular flexibility index (Phi) is 2.85. The molecule has 6 nitrogen and oxygen atoms in total. The van der Waals surface area contributed by atoms with Crippen molar-refractivity contribution in [2.45, 2.75) is 0 Å². The second-order valence-corrected chi connectivity index (χ2v) is 4.09. The number of phenols is 1. The van der Waals surface area contributed by atoms with Crippen molar-refractivity contribution in [3.05, 3.63) is 41.8 Å². The number of nitrogens with zero attached hydrogens (tertiary/aromatic N) is 4. The fourth-order valence-electron chi connectivity index (χ4n) is 1.50. The summed E-state index contributed by atoms with van der Waals surface area (Å²) < 4.78 is 5.13. The summed E-state index contributed by atoms with van der Waals surface area (Å²) in [5.74, 6) is 0.633. The van der Waals surface area contributed by atoms with Gasteiger partial charge >= 0.3 is 0 Å². The zero-order chi connectivity index (χ0) is 13.2. The van der Waals surface area contributed by atoms with E-state index in [4.69, 9.17) is 16.1 Å². The Balaban J connectivity index is 1.99. The Morgan fingerprint density at radius 2 is 2.11 bits per heavy atom. The third-order valence-corrected chi connectivity index (χ3v) is 2.72. The van der Waals surface area contributed by atoms with Gasteiger partial charge in [0, 0.05) is 18.0 Å². The van der Waals surface area contributed by atoms with Crippen molar-refractivity contribution < 1.29 is 9.63 Å². The van der Waals surface area contributed by atoms with E-state index in [1.54, 1.807) is 30.7 Å². The van der Waals surface area contributed by atoms with E-state index < -0.39 is 0 Å². The summed E-state index contributed by atoms with van der Waals surface area (Å²) in [5, 5.41) is 13.4. The summed E-state index contributed by atoms with van der Waals surface area (Å²) in [6.07, 6.45) is 4.64. The Labute approximate surface area is 112 Å². The first-order valence-corrected chi connectivity index (χ1v) is 5.71. The number of benzene rings is 1. The monoisotopic (exact) mass is 274 g/mol. The van der Waals surface area contributed by atoms with Gasteiger partial charge in [0.2, 0.25) is 5.82 Å². The van der Waals surface area contributed by atoms with Gasteiger partial charge < -0.3 is 9.63 Å². The molecule has 1 N–H and O–H groups in total. The first-order chi connectivity index (χ1) is 9.24. The van der Waals surface area contributed by atoms with Crippen LogP contribution in [0.5, 0.6) is 5.75 Å². The maximum absolute atomic E-state index is 9.36. The van der Waals surface area contributed by atoms with E-state index in [2.05, 4.69) is 20.1 Å². The van der Waals surface area contributed by atoms with Crippen LogP contribution < -0.4 is 0 Å². The zero-order valence-corrected chi connectivity index (χ0v) is 10.2. The molecule has 0 bridgehead atoms. The molecule has 7 heteroatoms. The van der Waals surface area contributed by atoms with Crippen LogP contribution in [-0.4, -0.2) is 25.2 Å². The number of hydrogen-bond acceptors (Lipinski definition) is 6. The molecule has 0 aliphatic rings. The van der Waals surface area contributed by atoms with Gasteiger partial charge in [-0.25, -0.2) is 4.98 Å². The zero-order valence-electron chi connectivity index (χ0n) is 9.49. The fraction of sp³-hybridized carbons (Fsp3) is 0. The Morgan fingerprint density at radius 1 is 1.21 bits per heavy atom. The minimum Gasteiger partial charge on any atom is -0.506 e. The molecule has 0 atom stereocenters. The topological polar surface area (TPSA) is 84.9 Å². The van der Waals surface area contributed by atoms with Crippen LogP contribution in [0.25, 0.3) is 23.0 Å². The summed E-state index contributed by atoms with van der Waals surface area (Å²) in [6, 6.07) is 4.64. The fourth-order valence-corrected chi connectivity index (χ4v) is 1.68. The summed E-state index contributed by atoms with van der Waals surface area (Å²) in [6.45, 7) is 0. The molecule has 2 aromatic heterocycles. The molecule has 19 heavy (non-hydrogen) atoms. The molecular formula is C12H7ClN4O2. The van der Waals surface area contributed by atoms with Crippen molar-refractivity contribution in [1.82, 2.24) is 20.1 Å². The highest BCUT2D eigenvalue weighted by Gasteiger charge is 2.12. The number of halogens is 1. The van der Waals surface area contributed by atoms with E-state index in [0.717, 1.165) is 0 Å². The molecule has 3 rings (SSSR count). The van der Waals surface area contributed by atoms with Crippen LogP contribution in [0.15, 0.2) is 41.3 Å². The normalized spacial score (nSPS) is 10.6. The van der Waals surface area contributed by atoms with Crippen molar-refractivity contribution in [3.8, 4) is 28.7 Å². The van der Waals surface area contributed by atoms with Gasteiger partial charge in [-0.05, 0) is 18.2 Å². The standard InChI is InChI=1S/C12H7ClN4O2/c13-8-5-7(1-2-10(8)18)12-16-11(17-19-12)9-6-14-3-4-15-9/h1-6,18H. The third kappa shape index (κ3) is 2.25. The van der Waals surface area contributed by atoms with Crippen LogP contribution in [0.3, 0.4) is 0 Å². The first kappa shape index (κ1) is 11.6. The number of aromatic nitrogens is 4. The molecule has 0 aliphatic carbocycles. The van der Waals surface area contributed by atoms with Crippen LogP contribution in [0.1, 0.15) is 0 Å². The Morgan fingerprint density at radius 3 is 2.84 bits per heavy atom. The summed E-state index contributed by atoms with van der Waals surface area (Å²) in [5.41, 5.74) is 1.13. The van der Waals surface area contributed by atoms with E-state index in [-0.39, 0.29) is 10.8 Å². The van der Waals surface area contributed by atoms with Crippen LogP contribution in [0.2, 0.25) is 5.02 Å². The molecule has 1 aromatic carbocycles. The van der Waals surface area contributed by atoms with Crippen LogP contribution >= 0.6 is 11.6 Å². The largest absolute Gasteiger partial charge is 0.506 e. The number of hydrogen-bond donors (Lipinski definition) is 1. The smallest absolute Gasteiger partial charge is 0.258 e. The molecule has 0 radical (unpaired) electrons. The van der Waals surface area contributed by atoms with Gasteiger partial charge in [-0.3, -0.25) is 4.98 Å². The minimum atomic E-state index is -0.000850. The average Bonchev–Trinajstić information content (AvgIpc) is 2.93. The molecule has 3 aromatic rings. The van der Waals surface area contributed by atoms with E-state index >= 15 is 0 Å². The lowest BCUT2D eigenvalue weighted by Crippen LogP contribution is -1.86. The van der Waals surface area contributed by atoms with E-state index in [1.165, 1.54) is 6.07 Å². The third-order valence-electron chi connectivity index (χ3n) is 2.41. The minimum absolute atomic E-state index is 0.000850. The summed E-state index contributed by atoms with van der Waals surface area (Å²) in [4.78, 5) is 12.2. The molecule has 0 saturated carbocycles. The lowest BCUT2D eigenvalue weighted by atomic mass is 10.2. The van der Waals surface area contributed by atoms with E-state index in [0.29, 0.717) is 23.0 Å². The van der Waals surface area contributed by atoms with Gasteiger partial charge in [0.25, 0.3) is 5.89 Å². The van der Waals surface area contributed by atoms with Crippen LogP contribution in [-0.2, 0) is 0 Å². The molecule has 2 heterocycles. The average molecular weight is 275 g/mol. The second kappa shape index (κ2) is 4.66. The number of phenolic OH excluding ortho intramolecular Hbond substituents is 1. The van der Waals surface area contributed by atoms with Crippen LogP contribution in [0.4, 0.5) is 0 Å². The van der Waals surface area contributed by atoms with Crippen molar-refractivity contribution in [2.75, 3.05) is 0 Å². The maximum atomic E-state index is 9.36. The number of rotatable bonds is 2. The van der Waals surface area contributed by atoms with E-state index in [1.807, 2.05) is 0 Å². The lowest BCUT2D eigenvalue weighted by molar-refractivity contribution is 0.432. The number of aromatic hydroxyl groups is 1. The molecule has 0 spiro atoms. The first-order valence-electron chi connectivity index (χ1n) is 5.33. The van der Waals surface area contributed by atoms with Gasteiger partial charge in [0.15, 0.2) is 0 Å². The second-order valence-electron chi connectivity index (χ2n) is 3.68. The van der Waals surface area contributed by atoms with Gasteiger partial charge in [0.05, 0.1) is 11.2 Å². The van der Waals surface area contributed by atoms with E-state index in [9.17, 15) is 5.11 Å². The summed E-state index contributed by atoms with van der Waals surface area (Å²) in [7, 11) is 0. The van der Waals surface area contributed by atoms with Gasteiger partial charge in [-0.15, -0.1) is 0 Å². The van der Waals surface area contributed by atoms with Gasteiger partial charge in [-0.2, -0.15) is 4.98 Å². The van der Waals surface area contributed by atoms with Crippen molar-refractivity contribution in [1.29, 1.82) is 0 Å². The summed E-state index contributed by atoms with van der Waals surface area (Å²) >= 11 is 5.83. The predicted molar refractivity (Wildman–Crippen MR) is 67.4 cm³/mol. The van der Waals surface area contributed by atoms with Gasteiger partial charge in [-0.1, -0.05) is 16.8 Å². The van der Waals surface area contributed by atoms with Crippen molar-refractivity contribution >= 4 is 11.6 Å². The highest BCUT2D eigenvalue weighted by molar-refractivity contribution is 6.32. The van der Waals surface area contributed by atoms with Crippen molar-refractivity contribution in [3.63, 3.8) is 0 Å². The molecule has 0 unspecified atom stereocenters. The molecular weight excluding hydrogens is 268 g/mol. The molecule has 0 amide bonds. The maximum Gasteiger partial charge on any atom is 0.258 e. The van der Waals surface area contributed by atoms with Crippen LogP contribution in [0, 0.1) is 0 Å². The Hall–Kier alpha value is -2.47. The quantitative estimate of drug-likeness (QED) is 0.773. The highest BCUT2D eigenvalue weighted by atomic mass is 35.5. The molecule has 0 saturated heterocycles. The van der Waals surface area contributed by atoms with Crippen molar-refractivity contribution in [2.24, 2.45) is 0 Å². The lowest BCUT2D eigenvalue weighted by Gasteiger charge is -1.97. The van der Waals surface area contributed by atoms with Gasteiger partial charge in [0.1, 0.15) is 11.4 Å². The Bertz CT molecular complexity index is 715. The molecule has 0 fully saturated rings.